The Bertz CT molecular complexity index is 1380. The van der Waals surface area contributed by atoms with Gasteiger partial charge in [0.2, 0.25) is 0 Å². The van der Waals surface area contributed by atoms with Crippen molar-refractivity contribution in [1.82, 2.24) is 10.6 Å². The number of nitrogens with zero attached hydrogens (tertiary/aromatic N) is 1. The first-order valence-electron chi connectivity index (χ1n) is 12.3. The van der Waals surface area contributed by atoms with Crippen molar-refractivity contribution in [3.8, 4) is 5.75 Å². The molecule has 0 aromatic heterocycles. The van der Waals surface area contributed by atoms with Crippen LogP contribution in [0.1, 0.15) is 31.8 Å². The van der Waals surface area contributed by atoms with E-state index in [-0.39, 0.29) is 16.9 Å². The highest BCUT2D eigenvalue weighted by molar-refractivity contribution is 7.80. The van der Waals surface area contributed by atoms with Crippen LogP contribution in [-0.2, 0) is 13.0 Å². The normalized spacial score (nSPS) is 10.3. The minimum absolute atomic E-state index is 0.182. The second-order valence-corrected chi connectivity index (χ2v) is 9.00. The van der Waals surface area contributed by atoms with E-state index in [4.69, 9.17) is 17.0 Å². The third-order valence-corrected chi connectivity index (χ3v) is 6.33. The first-order chi connectivity index (χ1) is 18.5. The average molecular weight is 524 g/mol. The summed E-state index contributed by atoms with van der Waals surface area (Å²) in [7, 11) is 1.72. The van der Waals surface area contributed by atoms with Gasteiger partial charge in [0.05, 0.1) is 17.9 Å². The first kappa shape index (κ1) is 26.6. The van der Waals surface area contributed by atoms with Crippen molar-refractivity contribution < 1.29 is 14.3 Å². The molecule has 192 valence electrons. The largest absolute Gasteiger partial charge is 0.493 e. The van der Waals surface area contributed by atoms with Gasteiger partial charge in [0.15, 0.2) is 5.11 Å². The molecular formula is C31H29N3O3S. The predicted molar refractivity (Wildman–Crippen MR) is 155 cm³/mol. The molecular weight excluding hydrogens is 494 g/mol. The maximum absolute atomic E-state index is 12.9. The predicted octanol–water partition coefficient (Wildman–Crippen LogP) is 5.39. The molecule has 0 aliphatic carbocycles. The number of hydrogen-bond donors (Lipinski definition) is 2. The highest BCUT2D eigenvalue weighted by Crippen LogP contribution is 2.20. The van der Waals surface area contributed by atoms with E-state index in [1.54, 1.807) is 54.4 Å². The quantitative estimate of drug-likeness (QED) is 0.288. The zero-order valence-electron chi connectivity index (χ0n) is 21.1. The molecule has 4 aromatic carbocycles. The van der Waals surface area contributed by atoms with Crippen molar-refractivity contribution in [2.24, 2.45) is 0 Å². The number of para-hydroxylation sites is 1. The van der Waals surface area contributed by atoms with Crippen molar-refractivity contribution in [3.63, 3.8) is 0 Å². The highest BCUT2D eigenvalue weighted by atomic mass is 32.1. The van der Waals surface area contributed by atoms with Gasteiger partial charge in [-0.15, -0.1) is 0 Å². The SMILES string of the molecule is CN(C(=S)NC(=O)c1ccc(OCCc2ccccc2)cc1)c1ccccc1C(=O)NCc1ccccc1. The number of anilines is 1. The summed E-state index contributed by atoms with van der Waals surface area (Å²) in [6.45, 7) is 0.952. The van der Waals surface area contributed by atoms with Gasteiger partial charge >= 0.3 is 0 Å². The average Bonchev–Trinajstić information content (AvgIpc) is 2.97. The molecule has 0 saturated heterocycles. The van der Waals surface area contributed by atoms with Gasteiger partial charge in [-0.25, -0.2) is 0 Å². The van der Waals surface area contributed by atoms with E-state index in [0.717, 1.165) is 12.0 Å². The van der Waals surface area contributed by atoms with Crippen molar-refractivity contribution in [1.29, 1.82) is 0 Å². The molecule has 0 aliphatic heterocycles. The number of thiocarbonyl (C=S) groups is 1. The van der Waals surface area contributed by atoms with Gasteiger partial charge < -0.3 is 15.0 Å². The van der Waals surface area contributed by atoms with Crippen molar-refractivity contribution >= 4 is 34.8 Å². The Labute approximate surface area is 228 Å². The van der Waals surface area contributed by atoms with E-state index in [2.05, 4.69) is 22.8 Å². The molecule has 4 rings (SSSR count). The van der Waals surface area contributed by atoms with Gasteiger partial charge in [0.25, 0.3) is 11.8 Å². The van der Waals surface area contributed by atoms with Crippen LogP contribution in [0.3, 0.4) is 0 Å². The van der Waals surface area contributed by atoms with Crippen LogP contribution in [0.2, 0.25) is 0 Å². The van der Waals surface area contributed by atoms with Gasteiger partial charge in [-0.1, -0.05) is 72.8 Å². The molecule has 38 heavy (non-hydrogen) atoms. The molecule has 0 unspecified atom stereocenters. The lowest BCUT2D eigenvalue weighted by molar-refractivity contribution is 0.0949. The van der Waals surface area contributed by atoms with Crippen LogP contribution in [0.5, 0.6) is 5.75 Å². The monoisotopic (exact) mass is 523 g/mol. The van der Waals surface area contributed by atoms with Crippen LogP contribution in [0.15, 0.2) is 109 Å². The lowest BCUT2D eigenvalue weighted by Crippen LogP contribution is -2.41. The van der Waals surface area contributed by atoms with Gasteiger partial charge in [-0.2, -0.15) is 0 Å². The number of rotatable bonds is 9. The summed E-state index contributed by atoms with van der Waals surface area (Å²) in [5.41, 5.74) is 3.70. The van der Waals surface area contributed by atoms with Gasteiger partial charge in [-0.05, 0) is 59.7 Å². The molecule has 4 aromatic rings. The van der Waals surface area contributed by atoms with Crippen molar-refractivity contribution in [2.45, 2.75) is 13.0 Å². The number of benzene rings is 4. The molecule has 0 spiro atoms. The summed E-state index contributed by atoms with van der Waals surface area (Å²) >= 11 is 5.49. The number of carbonyl (C=O) groups excluding carboxylic acids is 2. The van der Waals surface area contributed by atoms with Gasteiger partial charge in [0.1, 0.15) is 5.75 Å². The van der Waals surface area contributed by atoms with Gasteiger partial charge in [-0.3, -0.25) is 14.9 Å². The topological polar surface area (TPSA) is 70.7 Å². The van der Waals surface area contributed by atoms with E-state index in [1.165, 1.54) is 5.56 Å². The fourth-order valence-electron chi connectivity index (χ4n) is 3.83. The number of carbonyl (C=O) groups is 2. The molecule has 0 atom stereocenters. The number of nitrogens with one attached hydrogen (secondary N) is 2. The summed E-state index contributed by atoms with van der Waals surface area (Å²) < 4.78 is 5.80. The number of hydrogen-bond acceptors (Lipinski definition) is 4. The van der Waals surface area contributed by atoms with Crippen LogP contribution in [0.25, 0.3) is 0 Å². The Balaban J connectivity index is 1.32. The van der Waals surface area contributed by atoms with E-state index in [9.17, 15) is 9.59 Å². The fraction of sp³-hybridized carbons (Fsp3) is 0.129. The molecule has 0 heterocycles. The molecule has 2 N–H and O–H groups in total. The van der Waals surface area contributed by atoms with E-state index >= 15 is 0 Å². The second-order valence-electron chi connectivity index (χ2n) is 8.61. The Hall–Kier alpha value is -4.49. The molecule has 7 heteroatoms. The van der Waals surface area contributed by atoms with E-state index < -0.39 is 0 Å². The standard InChI is InChI=1S/C31H29N3O3S/c1-34(28-15-9-8-14-27(28)30(36)32-22-24-12-6-3-7-13-24)31(38)33-29(35)25-16-18-26(19-17-25)37-21-20-23-10-4-2-5-11-23/h2-19H,20-22H2,1H3,(H,32,36)(H,33,35,38). The third-order valence-electron chi connectivity index (χ3n) is 5.95. The lowest BCUT2D eigenvalue weighted by atomic mass is 10.1. The van der Waals surface area contributed by atoms with Crippen LogP contribution in [-0.4, -0.2) is 30.6 Å². The zero-order chi connectivity index (χ0) is 26.7. The molecule has 0 bridgehead atoms. The van der Waals surface area contributed by atoms with Crippen LogP contribution >= 0.6 is 12.2 Å². The first-order valence-corrected chi connectivity index (χ1v) is 12.7. The molecule has 2 amide bonds. The highest BCUT2D eigenvalue weighted by Gasteiger charge is 2.18. The third kappa shape index (κ3) is 7.27. The Morgan fingerprint density at radius 2 is 1.37 bits per heavy atom. The molecule has 6 nitrogen and oxygen atoms in total. The summed E-state index contributed by atoms with van der Waals surface area (Å²) in [6, 6.07) is 33.9. The van der Waals surface area contributed by atoms with Crippen LogP contribution < -0.4 is 20.3 Å². The summed E-state index contributed by atoms with van der Waals surface area (Å²) in [5, 5.41) is 5.87. The minimum atomic E-state index is -0.344. The van der Waals surface area contributed by atoms with E-state index in [0.29, 0.717) is 35.7 Å². The zero-order valence-corrected chi connectivity index (χ0v) is 21.9. The Morgan fingerprint density at radius 3 is 2.05 bits per heavy atom. The second kappa shape index (κ2) is 13.2. The van der Waals surface area contributed by atoms with Crippen molar-refractivity contribution in [3.05, 3.63) is 131 Å². The fourth-order valence-corrected chi connectivity index (χ4v) is 4.02. The van der Waals surface area contributed by atoms with E-state index in [1.807, 2.05) is 54.6 Å². The van der Waals surface area contributed by atoms with Crippen LogP contribution in [0.4, 0.5) is 5.69 Å². The maximum atomic E-state index is 12.9. The summed E-state index contributed by atoms with van der Waals surface area (Å²) in [5.74, 6) is 0.115. The Morgan fingerprint density at radius 1 is 0.763 bits per heavy atom. The number of amides is 2. The van der Waals surface area contributed by atoms with Crippen LogP contribution in [0, 0.1) is 0 Å². The molecule has 0 radical (unpaired) electrons. The smallest absolute Gasteiger partial charge is 0.257 e. The summed E-state index contributed by atoms with van der Waals surface area (Å²) in [6.07, 6.45) is 0.801. The van der Waals surface area contributed by atoms with Gasteiger partial charge in [0, 0.05) is 25.6 Å². The van der Waals surface area contributed by atoms with Crippen molar-refractivity contribution in [2.75, 3.05) is 18.6 Å². The summed E-state index contributed by atoms with van der Waals surface area (Å²) in [4.78, 5) is 27.4. The molecule has 0 aliphatic rings. The minimum Gasteiger partial charge on any atom is -0.493 e. The maximum Gasteiger partial charge on any atom is 0.257 e. The molecule has 0 fully saturated rings. The Kier molecular flexibility index (Phi) is 9.21. The number of ether oxygens (including phenoxy) is 1. The molecule has 0 saturated carbocycles. The lowest BCUT2D eigenvalue weighted by Gasteiger charge is -2.23.